The van der Waals surface area contributed by atoms with Crippen molar-refractivity contribution < 1.29 is 14.4 Å². The van der Waals surface area contributed by atoms with E-state index in [2.05, 4.69) is 16.4 Å². The number of amides is 3. The highest BCUT2D eigenvalue weighted by Gasteiger charge is 2.40. The van der Waals surface area contributed by atoms with Gasteiger partial charge in [0.05, 0.1) is 13.0 Å². The molecule has 0 radical (unpaired) electrons. The number of H-pyrrole nitrogens is 1. The van der Waals surface area contributed by atoms with Crippen LogP contribution in [-0.2, 0) is 33.6 Å². The van der Waals surface area contributed by atoms with Crippen LogP contribution in [0.3, 0.4) is 0 Å². The highest BCUT2D eigenvalue weighted by molar-refractivity contribution is 7.09. The fraction of sp³-hybridized carbons (Fsp3) is 0.300. The molecule has 8 heteroatoms. The predicted molar refractivity (Wildman–Crippen MR) is 150 cm³/mol. The minimum atomic E-state index is -0.792. The Morgan fingerprint density at radius 2 is 1.76 bits per heavy atom. The molecule has 196 valence electrons. The largest absolute Gasteiger partial charge is 0.361 e. The van der Waals surface area contributed by atoms with Crippen LogP contribution in [0, 0.1) is 0 Å². The van der Waals surface area contributed by atoms with E-state index in [-0.39, 0.29) is 30.7 Å². The molecular weight excluding hydrogens is 496 g/mol. The van der Waals surface area contributed by atoms with Gasteiger partial charge in [0.25, 0.3) is 0 Å². The van der Waals surface area contributed by atoms with Gasteiger partial charge >= 0.3 is 0 Å². The third-order valence-electron chi connectivity index (χ3n) is 7.08. The molecule has 2 aromatic heterocycles. The first-order valence-corrected chi connectivity index (χ1v) is 13.9. The first kappa shape index (κ1) is 25.7. The number of hydrogen-bond donors (Lipinski definition) is 2. The third-order valence-corrected chi connectivity index (χ3v) is 8.02. The van der Waals surface area contributed by atoms with Crippen LogP contribution in [0.2, 0.25) is 0 Å². The molecule has 0 bridgehead atoms. The van der Waals surface area contributed by atoms with Gasteiger partial charge in [-0.2, -0.15) is 0 Å². The minimum absolute atomic E-state index is 0.0370. The number of nitrogens with one attached hydrogen (secondary N) is 2. The summed E-state index contributed by atoms with van der Waals surface area (Å²) in [5.74, 6) is -0.480. The van der Waals surface area contributed by atoms with Gasteiger partial charge in [-0.3, -0.25) is 14.4 Å². The second kappa shape index (κ2) is 12.1. The second-order valence-electron chi connectivity index (χ2n) is 9.59. The quantitative estimate of drug-likeness (QED) is 0.311. The Morgan fingerprint density at radius 3 is 2.58 bits per heavy atom. The van der Waals surface area contributed by atoms with Gasteiger partial charge in [0.1, 0.15) is 6.04 Å². The topological polar surface area (TPSA) is 85.5 Å². The zero-order valence-corrected chi connectivity index (χ0v) is 22.1. The van der Waals surface area contributed by atoms with Crippen LogP contribution in [0.5, 0.6) is 0 Å². The zero-order valence-electron chi connectivity index (χ0n) is 21.3. The van der Waals surface area contributed by atoms with Crippen LogP contribution in [0.1, 0.15) is 22.4 Å². The lowest BCUT2D eigenvalue weighted by Crippen LogP contribution is -2.61. The van der Waals surface area contributed by atoms with Gasteiger partial charge in [-0.05, 0) is 47.9 Å². The third kappa shape index (κ3) is 6.14. The van der Waals surface area contributed by atoms with Crippen molar-refractivity contribution in [1.29, 1.82) is 0 Å². The summed E-state index contributed by atoms with van der Waals surface area (Å²) in [7, 11) is 0. The van der Waals surface area contributed by atoms with Crippen molar-refractivity contribution in [3.05, 3.63) is 94.3 Å². The summed E-state index contributed by atoms with van der Waals surface area (Å²) < 4.78 is 0. The Balaban J connectivity index is 1.23. The maximum Gasteiger partial charge on any atom is 0.246 e. The highest BCUT2D eigenvalue weighted by atomic mass is 32.1. The summed E-state index contributed by atoms with van der Waals surface area (Å²) in [6, 6.07) is 21.2. The molecule has 38 heavy (non-hydrogen) atoms. The van der Waals surface area contributed by atoms with Gasteiger partial charge in [0, 0.05) is 41.6 Å². The number of piperazine rings is 1. The van der Waals surface area contributed by atoms with Gasteiger partial charge in [-0.1, -0.05) is 54.6 Å². The van der Waals surface area contributed by atoms with Crippen LogP contribution in [0.15, 0.2) is 78.3 Å². The van der Waals surface area contributed by atoms with E-state index in [1.54, 1.807) is 21.1 Å². The Hall–Kier alpha value is -3.91. The van der Waals surface area contributed by atoms with Gasteiger partial charge in [-0.25, -0.2) is 0 Å². The van der Waals surface area contributed by atoms with E-state index in [1.165, 1.54) is 0 Å². The molecule has 1 atom stereocenters. The predicted octanol–water partition coefficient (Wildman–Crippen LogP) is 3.80. The van der Waals surface area contributed by atoms with Crippen molar-refractivity contribution in [3.8, 4) is 0 Å². The van der Waals surface area contributed by atoms with Crippen LogP contribution in [-0.4, -0.2) is 64.7 Å². The molecule has 3 heterocycles. The summed E-state index contributed by atoms with van der Waals surface area (Å²) in [4.78, 5) is 47.4. The van der Waals surface area contributed by atoms with E-state index < -0.39 is 6.04 Å². The molecule has 3 amide bonds. The van der Waals surface area contributed by atoms with Gasteiger partial charge in [0.15, 0.2) is 0 Å². The van der Waals surface area contributed by atoms with E-state index in [4.69, 9.17) is 0 Å². The molecule has 5 rings (SSSR count). The van der Waals surface area contributed by atoms with E-state index in [0.29, 0.717) is 38.9 Å². The first-order chi connectivity index (χ1) is 18.6. The van der Waals surface area contributed by atoms with E-state index >= 15 is 0 Å². The van der Waals surface area contributed by atoms with Crippen molar-refractivity contribution in [2.24, 2.45) is 0 Å². The second-order valence-corrected chi connectivity index (χ2v) is 10.6. The smallest absolute Gasteiger partial charge is 0.246 e. The molecule has 2 N–H and O–H groups in total. The molecule has 1 saturated heterocycles. The van der Waals surface area contributed by atoms with Gasteiger partial charge in [0.2, 0.25) is 17.7 Å². The Morgan fingerprint density at radius 1 is 0.947 bits per heavy atom. The lowest BCUT2D eigenvalue weighted by atomic mass is 10.0. The highest BCUT2D eigenvalue weighted by Crippen LogP contribution is 2.20. The summed E-state index contributed by atoms with van der Waals surface area (Å²) in [6.45, 7) is 1.38. The zero-order chi connectivity index (χ0) is 26.3. The average Bonchev–Trinajstić information content (AvgIpc) is 3.60. The fourth-order valence-corrected chi connectivity index (χ4v) is 5.73. The number of thiophene rings is 1. The molecular formula is C30H32N4O3S. The lowest BCUT2D eigenvalue weighted by Gasteiger charge is -2.40. The number of carbonyl (C=O) groups is 3. The number of para-hydroxylation sites is 1. The van der Waals surface area contributed by atoms with Crippen molar-refractivity contribution >= 4 is 40.0 Å². The van der Waals surface area contributed by atoms with Crippen molar-refractivity contribution in [3.63, 3.8) is 0 Å². The standard InChI is InChI=1S/C30H32N4O3S/c35-28(31-15-12-23-20-32-26-11-5-4-10-25(23)26)19-27-30(37)33(16-13-22-7-2-1-3-8-22)21-29(36)34(27)17-14-24-9-6-18-38-24/h1-11,18,20,27,32H,12-17,19,21H2,(H,31,35). The molecule has 1 aliphatic rings. The van der Waals surface area contributed by atoms with Crippen LogP contribution >= 0.6 is 11.3 Å². The molecule has 0 aliphatic carbocycles. The SMILES string of the molecule is O=C(CC1C(=O)N(CCc2ccccc2)CC(=O)N1CCc1cccs1)NCCc1c[nH]c2ccccc12. The molecule has 1 aliphatic heterocycles. The Labute approximate surface area is 226 Å². The van der Waals surface area contributed by atoms with Crippen LogP contribution in [0.4, 0.5) is 0 Å². The average molecular weight is 529 g/mol. The van der Waals surface area contributed by atoms with Crippen molar-refractivity contribution in [2.45, 2.75) is 31.7 Å². The number of carbonyl (C=O) groups excluding carboxylic acids is 3. The first-order valence-electron chi connectivity index (χ1n) is 13.0. The lowest BCUT2D eigenvalue weighted by molar-refractivity contribution is -0.157. The van der Waals surface area contributed by atoms with Crippen LogP contribution in [0.25, 0.3) is 10.9 Å². The minimum Gasteiger partial charge on any atom is -0.361 e. The monoisotopic (exact) mass is 528 g/mol. The Kier molecular flexibility index (Phi) is 8.19. The van der Waals surface area contributed by atoms with Crippen molar-refractivity contribution in [1.82, 2.24) is 20.1 Å². The normalized spacial score (nSPS) is 15.8. The number of nitrogens with zero attached hydrogens (tertiary/aromatic N) is 2. The summed E-state index contributed by atoms with van der Waals surface area (Å²) in [5.41, 5.74) is 3.31. The van der Waals surface area contributed by atoms with E-state index in [9.17, 15) is 14.4 Å². The number of fused-ring (bicyclic) bond motifs is 1. The molecule has 0 spiro atoms. The van der Waals surface area contributed by atoms with Gasteiger partial charge in [-0.15, -0.1) is 11.3 Å². The number of hydrogen-bond acceptors (Lipinski definition) is 4. The fourth-order valence-electron chi connectivity index (χ4n) is 5.03. The molecule has 7 nitrogen and oxygen atoms in total. The maximum atomic E-state index is 13.6. The summed E-state index contributed by atoms with van der Waals surface area (Å²) in [5, 5.41) is 6.12. The Bertz CT molecular complexity index is 1380. The summed E-state index contributed by atoms with van der Waals surface area (Å²) >= 11 is 1.63. The number of aromatic nitrogens is 1. The number of rotatable bonds is 11. The number of aromatic amines is 1. The molecule has 4 aromatic rings. The van der Waals surface area contributed by atoms with E-state index in [1.807, 2.05) is 72.2 Å². The number of benzene rings is 2. The van der Waals surface area contributed by atoms with Crippen LogP contribution < -0.4 is 5.32 Å². The summed E-state index contributed by atoms with van der Waals surface area (Å²) in [6.07, 6.45) is 3.94. The molecule has 1 unspecified atom stereocenters. The van der Waals surface area contributed by atoms with Gasteiger partial charge < -0.3 is 20.1 Å². The van der Waals surface area contributed by atoms with E-state index in [0.717, 1.165) is 26.9 Å². The molecule has 2 aromatic carbocycles. The van der Waals surface area contributed by atoms with Crippen molar-refractivity contribution in [2.75, 3.05) is 26.2 Å². The maximum absolute atomic E-state index is 13.6. The molecule has 1 fully saturated rings. The molecule has 0 saturated carbocycles.